The summed E-state index contributed by atoms with van der Waals surface area (Å²) in [5, 5.41) is 3.99. The number of benzene rings is 2. The molecule has 33 heavy (non-hydrogen) atoms. The molecule has 0 aromatic heterocycles. The largest absolute Gasteiger partial charge is 0.486 e. The quantitative estimate of drug-likeness (QED) is 0.584. The van der Waals surface area contributed by atoms with Gasteiger partial charge in [-0.3, -0.25) is 19.9 Å². The van der Waals surface area contributed by atoms with Crippen LogP contribution >= 0.6 is 35.0 Å². The minimum atomic E-state index is -0.414. The summed E-state index contributed by atoms with van der Waals surface area (Å²) in [6, 6.07) is 10.1. The summed E-state index contributed by atoms with van der Waals surface area (Å²) in [5.41, 5.74) is 7.01. The first kappa shape index (κ1) is 22.3. The van der Waals surface area contributed by atoms with Crippen molar-refractivity contribution in [2.75, 3.05) is 35.7 Å². The number of halogens is 2. The average Bonchev–Trinajstić information content (AvgIpc) is 3.27. The lowest BCUT2D eigenvalue weighted by Crippen LogP contribution is -2.49. The SMILES string of the molecule is O=C(CSC1=NC2NNCC2C(=O)N1c1ccc(Cl)cc1Cl)Nc1ccc2c(c1)OCCO2. The fraction of sp³-hybridized carbons (Fsp3) is 0.286. The molecule has 0 saturated carbocycles. The molecule has 2 aromatic rings. The van der Waals surface area contributed by atoms with Crippen molar-refractivity contribution in [3.05, 3.63) is 46.4 Å². The van der Waals surface area contributed by atoms with E-state index in [2.05, 4.69) is 21.2 Å². The van der Waals surface area contributed by atoms with E-state index in [4.69, 9.17) is 32.7 Å². The Morgan fingerprint density at radius 3 is 2.82 bits per heavy atom. The van der Waals surface area contributed by atoms with Crippen molar-refractivity contribution in [2.45, 2.75) is 6.17 Å². The molecule has 2 atom stereocenters. The van der Waals surface area contributed by atoms with E-state index in [9.17, 15) is 9.59 Å². The van der Waals surface area contributed by atoms with Crippen molar-refractivity contribution in [1.82, 2.24) is 10.9 Å². The normalized spacial score (nSPS) is 21.5. The molecule has 172 valence electrons. The van der Waals surface area contributed by atoms with Crippen molar-refractivity contribution in [1.29, 1.82) is 0 Å². The van der Waals surface area contributed by atoms with Crippen LogP contribution in [0.25, 0.3) is 0 Å². The van der Waals surface area contributed by atoms with Crippen LogP contribution in [-0.4, -0.2) is 48.7 Å². The van der Waals surface area contributed by atoms with Crippen molar-refractivity contribution >= 4 is 63.3 Å². The van der Waals surface area contributed by atoms with Crippen LogP contribution in [0.5, 0.6) is 11.5 Å². The van der Waals surface area contributed by atoms with Crippen LogP contribution in [0.2, 0.25) is 10.0 Å². The van der Waals surface area contributed by atoms with Crippen LogP contribution in [0.3, 0.4) is 0 Å². The molecule has 2 unspecified atom stereocenters. The molecule has 12 heteroatoms. The van der Waals surface area contributed by atoms with Crippen molar-refractivity contribution in [3.63, 3.8) is 0 Å². The van der Waals surface area contributed by atoms with E-state index in [1.165, 1.54) is 4.90 Å². The molecule has 2 aromatic carbocycles. The Morgan fingerprint density at radius 1 is 1.18 bits per heavy atom. The van der Waals surface area contributed by atoms with Gasteiger partial charge in [-0.05, 0) is 30.3 Å². The van der Waals surface area contributed by atoms with E-state index in [0.717, 1.165) is 11.8 Å². The fourth-order valence-electron chi connectivity index (χ4n) is 3.70. The van der Waals surface area contributed by atoms with Crippen molar-refractivity contribution < 1.29 is 19.1 Å². The molecule has 3 N–H and O–H groups in total. The number of amides is 2. The second-order valence-electron chi connectivity index (χ2n) is 7.45. The van der Waals surface area contributed by atoms with Gasteiger partial charge in [0.15, 0.2) is 16.7 Å². The van der Waals surface area contributed by atoms with Crippen LogP contribution in [0.15, 0.2) is 41.4 Å². The first-order chi connectivity index (χ1) is 16.0. The van der Waals surface area contributed by atoms with Gasteiger partial charge >= 0.3 is 0 Å². The smallest absolute Gasteiger partial charge is 0.241 e. The van der Waals surface area contributed by atoms with Gasteiger partial charge in [0.25, 0.3) is 0 Å². The number of fused-ring (bicyclic) bond motifs is 2. The third kappa shape index (κ3) is 4.62. The van der Waals surface area contributed by atoms with Crippen LogP contribution in [0, 0.1) is 5.92 Å². The number of anilines is 2. The Morgan fingerprint density at radius 2 is 2.00 bits per heavy atom. The number of amidine groups is 1. The molecule has 5 rings (SSSR count). The maximum absolute atomic E-state index is 13.3. The van der Waals surface area contributed by atoms with E-state index in [0.29, 0.717) is 57.8 Å². The number of nitrogens with zero attached hydrogens (tertiary/aromatic N) is 2. The molecular weight excluding hydrogens is 489 g/mol. The van der Waals surface area contributed by atoms with Gasteiger partial charge in [0.05, 0.1) is 22.4 Å². The predicted molar refractivity (Wildman–Crippen MR) is 128 cm³/mol. The maximum atomic E-state index is 13.3. The summed E-state index contributed by atoms with van der Waals surface area (Å²) in [7, 11) is 0. The highest BCUT2D eigenvalue weighted by Crippen LogP contribution is 2.36. The maximum Gasteiger partial charge on any atom is 0.241 e. The zero-order valence-electron chi connectivity index (χ0n) is 17.1. The molecule has 0 radical (unpaired) electrons. The highest BCUT2D eigenvalue weighted by atomic mass is 35.5. The number of ether oxygens (including phenoxy) is 2. The fourth-order valence-corrected chi connectivity index (χ4v) is 5.03. The predicted octanol–water partition coefficient (Wildman–Crippen LogP) is 2.89. The Kier molecular flexibility index (Phi) is 6.35. The summed E-state index contributed by atoms with van der Waals surface area (Å²) >= 11 is 13.6. The minimum absolute atomic E-state index is 0.0348. The van der Waals surface area contributed by atoms with Gasteiger partial charge < -0.3 is 14.8 Å². The minimum Gasteiger partial charge on any atom is -0.486 e. The molecule has 3 aliphatic heterocycles. The number of thioether (sulfide) groups is 1. The summed E-state index contributed by atoms with van der Waals surface area (Å²) in [6.07, 6.45) is -0.414. The number of carbonyl (C=O) groups excluding carboxylic acids is 2. The summed E-state index contributed by atoms with van der Waals surface area (Å²) in [6.45, 7) is 1.40. The third-order valence-corrected chi connectivity index (χ3v) is 6.73. The summed E-state index contributed by atoms with van der Waals surface area (Å²) in [5.74, 6) is 0.468. The molecule has 3 heterocycles. The monoisotopic (exact) mass is 507 g/mol. The Balaban J connectivity index is 1.33. The number of aliphatic imine (C=N–C) groups is 1. The van der Waals surface area contributed by atoms with E-state index >= 15 is 0 Å². The summed E-state index contributed by atoms with van der Waals surface area (Å²) in [4.78, 5) is 32.0. The number of hydrogen-bond acceptors (Lipinski definition) is 8. The Bertz CT molecular complexity index is 1150. The van der Waals surface area contributed by atoms with Gasteiger partial charge in [0.1, 0.15) is 19.4 Å². The lowest BCUT2D eigenvalue weighted by molar-refractivity contribution is -0.121. The second kappa shape index (κ2) is 9.40. The van der Waals surface area contributed by atoms with Crippen LogP contribution in [-0.2, 0) is 9.59 Å². The van der Waals surface area contributed by atoms with E-state index in [1.807, 2.05) is 0 Å². The first-order valence-electron chi connectivity index (χ1n) is 10.2. The number of carbonyl (C=O) groups is 2. The third-order valence-electron chi connectivity index (χ3n) is 5.24. The van der Waals surface area contributed by atoms with Crippen LogP contribution < -0.4 is 30.5 Å². The average molecular weight is 508 g/mol. The van der Waals surface area contributed by atoms with Gasteiger partial charge in [-0.2, -0.15) is 0 Å². The Labute approximate surface area is 203 Å². The standard InChI is InChI=1S/C21H19Cl2N5O4S/c22-11-1-3-15(14(23)7-11)28-20(30)13-9-24-27-19(13)26-21(28)33-10-18(29)25-12-2-4-16-17(8-12)32-6-5-31-16/h1-4,7-8,13,19,24,27H,5-6,9-10H2,(H,25,29). The van der Waals surface area contributed by atoms with E-state index in [1.54, 1.807) is 36.4 Å². The molecule has 0 spiro atoms. The van der Waals surface area contributed by atoms with Gasteiger partial charge in [0, 0.05) is 23.3 Å². The molecule has 1 fully saturated rings. The Hall–Kier alpha value is -2.50. The van der Waals surface area contributed by atoms with Gasteiger partial charge in [-0.15, -0.1) is 0 Å². The van der Waals surface area contributed by atoms with Crippen LogP contribution in [0.4, 0.5) is 11.4 Å². The molecule has 0 bridgehead atoms. The highest BCUT2D eigenvalue weighted by molar-refractivity contribution is 8.14. The van der Waals surface area contributed by atoms with Gasteiger partial charge in [0.2, 0.25) is 11.8 Å². The van der Waals surface area contributed by atoms with Crippen molar-refractivity contribution in [2.24, 2.45) is 10.9 Å². The van der Waals surface area contributed by atoms with Crippen LogP contribution in [0.1, 0.15) is 0 Å². The zero-order valence-corrected chi connectivity index (χ0v) is 19.5. The molecule has 3 aliphatic rings. The second-order valence-corrected chi connectivity index (χ2v) is 9.24. The molecule has 9 nitrogen and oxygen atoms in total. The lowest BCUT2D eigenvalue weighted by atomic mass is 10.0. The number of hydrazine groups is 1. The molecular formula is C21H19Cl2N5O4S. The molecule has 0 aliphatic carbocycles. The zero-order chi connectivity index (χ0) is 22.9. The highest BCUT2D eigenvalue weighted by Gasteiger charge is 2.42. The van der Waals surface area contributed by atoms with Crippen molar-refractivity contribution in [3.8, 4) is 11.5 Å². The first-order valence-corrected chi connectivity index (χ1v) is 11.9. The lowest BCUT2D eigenvalue weighted by Gasteiger charge is -2.32. The topological polar surface area (TPSA) is 104 Å². The summed E-state index contributed by atoms with van der Waals surface area (Å²) < 4.78 is 11.1. The van der Waals surface area contributed by atoms with E-state index < -0.39 is 6.17 Å². The molecule has 1 saturated heterocycles. The molecule has 2 amide bonds. The number of hydrogen-bond donors (Lipinski definition) is 3. The van der Waals surface area contributed by atoms with Gasteiger partial charge in [-0.1, -0.05) is 35.0 Å². The van der Waals surface area contributed by atoms with E-state index in [-0.39, 0.29) is 23.5 Å². The number of rotatable bonds is 4. The van der Waals surface area contributed by atoms with Gasteiger partial charge in [-0.25, -0.2) is 10.4 Å². The number of nitrogens with one attached hydrogen (secondary N) is 3.